The molecule has 0 unspecified atom stereocenters. The van der Waals surface area contributed by atoms with E-state index in [0.29, 0.717) is 6.41 Å². The van der Waals surface area contributed by atoms with Gasteiger partial charge in [0.05, 0.1) is 12.5 Å². The van der Waals surface area contributed by atoms with Crippen molar-refractivity contribution in [2.75, 3.05) is 0 Å². The SMILES string of the molecule is Cc1cc([C@H](CC(=O)O)NC=O)c(C)s1. The molecule has 82 valence electrons. The third-order valence-corrected chi connectivity index (χ3v) is 3.08. The molecule has 0 radical (unpaired) electrons. The van der Waals surface area contributed by atoms with Crippen molar-refractivity contribution in [2.24, 2.45) is 0 Å². The fourth-order valence-electron chi connectivity index (χ4n) is 1.51. The van der Waals surface area contributed by atoms with Gasteiger partial charge in [0.15, 0.2) is 0 Å². The van der Waals surface area contributed by atoms with Crippen LogP contribution in [-0.2, 0) is 9.59 Å². The van der Waals surface area contributed by atoms with Crippen LogP contribution in [0.1, 0.15) is 27.8 Å². The molecule has 0 aliphatic heterocycles. The van der Waals surface area contributed by atoms with E-state index in [2.05, 4.69) is 5.32 Å². The monoisotopic (exact) mass is 227 g/mol. The first-order chi connectivity index (χ1) is 7.04. The Morgan fingerprint density at radius 3 is 2.73 bits per heavy atom. The van der Waals surface area contributed by atoms with Crippen LogP contribution in [0.15, 0.2) is 6.07 Å². The number of hydrogen-bond donors (Lipinski definition) is 2. The molecule has 1 amide bonds. The second kappa shape index (κ2) is 4.93. The maximum Gasteiger partial charge on any atom is 0.305 e. The van der Waals surface area contributed by atoms with Crippen LogP contribution >= 0.6 is 11.3 Å². The molecule has 5 heteroatoms. The number of rotatable bonds is 5. The largest absolute Gasteiger partial charge is 0.481 e. The summed E-state index contributed by atoms with van der Waals surface area (Å²) >= 11 is 1.60. The summed E-state index contributed by atoms with van der Waals surface area (Å²) < 4.78 is 0. The molecule has 0 saturated heterocycles. The number of hydrogen-bond acceptors (Lipinski definition) is 3. The Bertz CT molecular complexity index is 373. The molecule has 1 aromatic rings. The van der Waals surface area contributed by atoms with Crippen molar-refractivity contribution in [1.29, 1.82) is 0 Å². The van der Waals surface area contributed by atoms with E-state index in [1.807, 2.05) is 19.9 Å². The Kier molecular flexibility index (Phi) is 3.85. The lowest BCUT2D eigenvalue weighted by Crippen LogP contribution is -2.22. The fourth-order valence-corrected chi connectivity index (χ4v) is 2.50. The average Bonchev–Trinajstić information content (AvgIpc) is 2.44. The standard InChI is InChI=1S/C10H13NO3S/c1-6-3-8(7(2)15-6)9(11-5-12)4-10(13)14/h3,5,9H,4H2,1-2H3,(H,11,12)(H,13,14)/t9-/m0/s1. The van der Waals surface area contributed by atoms with E-state index in [4.69, 9.17) is 5.11 Å². The average molecular weight is 227 g/mol. The molecule has 0 saturated carbocycles. The highest BCUT2D eigenvalue weighted by atomic mass is 32.1. The van der Waals surface area contributed by atoms with Crippen LogP contribution < -0.4 is 5.32 Å². The Hall–Kier alpha value is -1.36. The molecule has 1 heterocycles. The Morgan fingerprint density at radius 1 is 1.67 bits per heavy atom. The van der Waals surface area contributed by atoms with Gasteiger partial charge >= 0.3 is 5.97 Å². The number of aliphatic carboxylic acids is 1. The first kappa shape index (κ1) is 11.7. The second-order valence-corrected chi connectivity index (χ2v) is 4.76. The van der Waals surface area contributed by atoms with E-state index in [-0.39, 0.29) is 6.42 Å². The smallest absolute Gasteiger partial charge is 0.305 e. The highest BCUT2D eigenvalue weighted by molar-refractivity contribution is 7.12. The van der Waals surface area contributed by atoms with Crippen molar-refractivity contribution in [3.8, 4) is 0 Å². The minimum atomic E-state index is -0.919. The van der Waals surface area contributed by atoms with Gasteiger partial charge in [-0.15, -0.1) is 11.3 Å². The number of carbonyl (C=O) groups is 2. The van der Waals surface area contributed by atoms with Gasteiger partial charge in [-0.25, -0.2) is 0 Å². The number of carboxylic acid groups (broad SMARTS) is 1. The molecule has 0 fully saturated rings. The zero-order valence-corrected chi connectivity index (χ0v) is 9.43. The lowest BCUT2D eigenvalue weighted by Gasteiger charge is -2.13. The van der Waals surface area contributed by atoms with Gasteiger partial charge in [0, 0.05) is 9.75 Å². The normalized spacial score (nSPS) is 12.1. The number of aryl methyl sites for hydroxylation is 2. The van der Waals surface area contributed by atoms with E-state index < -0.39 is 12.0 Å². The number of amides is 1. The molecule has 1 aromatic heterocycles. The van der Waals surface area contributed by atoms with Crippen molar-refractivity contribution >= 4 is 23.7 Å². The molecule has 0 aliphatic rings. The van der Waals surface area contributed by atoms with Gasteiger partial charge in [-0.1, -0.05) is 0 Å². The molecule has 4 nitrogen and oxygen atoms in total. The van der Waals surface area contributed by atoms with Gasteiger partial charge in [-0.2, -0.15) is 0 Å². The summed E-state index contributed by atoms with van der Waals surface area (Å²) in [5.74, 6) is -0.919. The maximum atomic E-state index is 10.6. The predicted octanol–water partition coefficient (Wildman–Crippen LogP) is 1.63. The second-order valence-electron chi connectivity index (χ2n) is 3.30. The molecule has 2 N–H and O–H groups in total. The summed E-state index contributed by atoms with van der Waals surface area (Å²) in [6.45, 7) is 3.88. The summed E-state index contributed by atoms with van der Waals surface area (Å²) in [5.41, 5.74) is 0.895. The van der Waals surface area contributed by atoms with Crippen molar-refractivity contribution in [3.63, 3.8) is 0 Å². The van der Waals surface area contributed by atoms with Gasteiger partial charge in [-0.05, 0) is 25.5 Å². The molecule has 0 aliphatic carbocycles. The Morgan fingerprint density at radius 2 is 2.33 bits per heavy atom. The molecule has 15 heavy (non-hydrogen) atoms. The van der Waals surface area contributed by atoms with E-state index in [1.54, 1.807) is 11.3 Å². The van der Waals surface area contributed by atoms with Crippen LogP contribution in [0.5, 0.6) is 0 Å². The van der Waals surface area contributed by atoms with E-state index in [1.165, 1.54) is 0 Å². The lowest BCUT2D eigenvalue weighted by atomic mass is 10.0. The highest BCUT2D eigenvalue weighted by Gasteiger charge is 2.18. The zero-order chi connectivity index (χ0) is 11.4. The Labute approximate surface area is 91.9 Å². The van der Waals surface area contributed by atoms with Crippen molar-refractivity contribution < 1.29 is 14.7 Å². The van der Waals surface area contributed by atoms with Crippen LogP contribution in [0, 0.1) is 13.8 Å². The number of carboxylic acids is 1. The van der Waals surface area contributed by atoms with Crippen molar-refractivity contribution in [3.05, 3.63) is 21.4 Å². The van der Waals surface area contributed by atoms with Crippen LogP contribution in [-0.4, -0.2) is 17.5 Å². The van der Waals surface area contributed by atoms with Crippen molar-refractivity contribution in [1.82, 2.24) is 5.32 Å². The van der Waals surface area contributed by atoms with E-state index in [9.17, 15) is 9.59 Å². The quantitative estimate of drug-likeness (QED) is 0.751. The summed E-state index contributed by atoms with van der Waals surface area (Å²) in [6, 6.07) is 1.49. The fraction of sp³-hybridized carbons (Fsp3) is 0.400. The maximum absolute atomic E-state index is 10.6. The van der Waals surface area contributed by atoms with Crippen LogP contribution in [0.3, 0.4) is 0 Å². The topological polar surface area (TPSA) is 66.4 Å². The van der Waals surface area contributed by atoms with Crippen LogP contribution in [0.25, 0.3) is 0 Å². The van der Waals surface area contributed by atoms with Gasteiger partial charge in [0.25, 0.3) is 0 Å². The van der Waals surface area contributed by atoms with Gasteiger partial charge in [-0.3, -0.25) is 9.59 Å². The lowest BCUT2D eigenvalue weighted by molar-refractivity contribution is -0.137. The first-order valence-electron chi connectivity index (χ1n) is 4.53. The molecular weight excluding hydrogens is 214 g/mol. The van der Waals surface area contributed by atoms with Gasteiger partial charge in [0.2, 0.25) is 6.41 Å². The van der Waals surface area contributed by atoms with Gasteiger partial charge in [0.1, 0.15) is 0 Å². The zero-order valence-electron chi connectivity index (χ0n) is 8.61. The Balaban J connectivity index is 2.92. The molecule has 1 atom stereocenters. The van der Waals surface area contributed by atoms with Crippen LogP contribution in [0.2, 0.25) is 0 Å². The number of carbonyl (C=O) groups excluding carboxylic acids is 1. The van der Waals surface area contributed by atoms with Gasteiger partial charge < -0.3 is 10.4 Å². The highest BCUT2D eigenvalue weighted by Crippen LogP contribution is 2.27. The third-order valence-electron chi connectivity index (χ3n) is 2.10. The molecule has 0 spiro atoms. The minimum Gasteiger partial charge on any atom is -0.481 e. The number of nitrogens with one attached hydrogen (secondary N) is 1. The first-order valence-corrected chi connectivity index (χ1v) is 5.34. The summed E-state index contributed by atoms with van der Waals surface area (Å²) in [5, 5.41) is 11.2. The summed E-state index contributed by atoms with van der Waals surface area (Å²) in [7, 11) is 0. The predicted molar refractivity (Wildman–Crippen MR) is 58.0 cm³/mol. The van der Waals surface area contributed by atoms with Crippen molar-refractivity contribution in [2.45, 2.75) is 26.3 Å². The molecule has 0 aromatic carbocycles. The molecule has 1 rings (SSSR count). The molecular formula is C10H13NO3S. The van der Waals surface area contributed by atoms with E-state index in [0.717, 1.165) is 15.3 Å². The summed E-state index contributed by atoms with van der Waals surface area (Å²) in [4.78, 5) is 23.2. The minimum absolute atomic E-state index is 0.0875. The molecule has 0 bridgehead atoms. The van der Waals surface area contributed by atoms with Crippen LogP contribution in [0.4, 0.5) is 0 Å². The number of thiophene rings is 1. The third kappa shape index (κ3) is 3.06. The van der Waals surface area contributed by atoms with E-state index >= 15 is 0 Å². The summed E-state index contributed by atoms with van der Waals surface area (Å²) in [6.07, 6.45) is 0.454.